The number of carbonyl (C=O) groups is 1. The molecule has 0 N–H and O–H groups in total. The van der Waals surface area contributed by atoms with Crippen molar-refractivity contribution in [2.45, 2.75) is 51.4 Å². The molecular formula is C26H28ClN7O. The number of halogens is 1. The number of likely N-dealkylation sites (tertiary alicyclic amines) is 1. The van der Waals surface area contributed by atoms with Crippen molar-refractivity contribution in [1.29, 1.82) is 0 Å². The average molecular weight is 490 g/mol. The van der Waals surface area contributed by atoms with Crippen LogP contribution < -0.4 is 0 Å². The van der Waals surface area contributed by atoms with Crippen molar-refractivity contribution in [2.24, 2.45) is 0 Å². The molecule has 6 rings (SSSR count). The second-order valence-electron chi connectivity index (χ2n) is 9.71. The Morgan fingerprint density at radius 1 is 1.23 bits per heavy atom. The molecule has 3 aromatic rings. The van der Waals surface area contributed by atoms with Gasteiger partial charge in [0.2, 0.25) is 5.91 Å². The number of fused-ring (bicyclic) bond motifs is 3. The Morgan fingerprint density at radius 2 is 2.09 bits per heavy atom. The van der Waals surface area contributed by atoms with E-state index in [0.717, 1.165) is 53.1 Å². The first-order valence-electron chi connectivity index (χ1n) is 12.1. The van der Waals surface area contributed by atoms with Gasteiger partial charge in [0.25, 0.3) is 0 Å². The van der Waals surface area contributed by atoms with Gasteiger partial charge in [0.15, 0.2) is 5.82 Å². The summed E-state index contributed by atoms with van der Waals surface area (Å²) in [6.45, 7) is 7.25. The molecule has 0 aliphatic carbocycles. The van der Waals surface area contributed by atoms with Gasteiger partial charge in [-0.05, 0) is 56.2 Å². The molecule has 2 unspecified atom stereocenters. The third-order valence-electron chi connectivity index (χ3n) is 7.34. The highest BCUT2D eigenvalue weighted by Crippen LogP contribution is 2.45. The molecule has 0 saturated carbocycles. The number of rotatable bonds is 6. The van der Waals surface area contributed by atoms with Crippen LogP contribution in [-0.2, 0) is 23.4 Å². The summed E-state index contributed by atoms with van der Waals surface area (Å²) in [5.74, 6) is 1.94. The minimum Gasteiger partial charge on any atom is -0.356 e. The van der Waals surface area contributed by atoms with Crippen LogP contribution in [-0.4, -0.2) is 59.4 Å². The van der Waals surface area contributed by atoms with Crippen molar-refractivity contribution < 1.29 is 4.79 Å². The predicted molar refractivity (Wildman–Crippen MR) is 134 cm³/mol. The second kappa shape index (κ2) is 8.37. The summed E-state index contributed by atoms with van der Waals surface area (Å²) in [4.78, 5) is 16.6. The molecule has 2 aromatic heterocycles. The number of hydrogen-bond donors (Lipinski definition) is 0. The number of amides is 1. The van der Waals surface area contributed by atoms with Crippen LogP contribution in [0.1, 0.15) is 42.7 Å². The maximum absolute atomic E-state index is 12.3. The molecule has 9 heteroatoms. The molecule has 1 amide bonds. The zero-order valence-corrected chi connectivity index (χ0v) is 20.7. The van der Waals surface area contributed by atoms with Crippen LogP contribution in [0.2, 0.25) is 5.02 Å². The van der Waals surface area contributed by atoms with Gasteiger partial charge in [-0.25, -0.2) is 0 Å². The maximum atomic E-state index is 12.3. The maximum Gasteiger partial charge on any atom is 0.224 e. The van der Waals surface area contributed by atoms with E-state index in [-0.39, 0.29) is 17.5 Å². The Hall–Kier alpha value is -3.39. The van der Waals surface area contributed by atoms with Gasteiger partial charge < -0.3 is 9.80 Å². The lowest BCUT2D eigenvalue weighted by Crippen LogP contribution is -2.46. The highest BCUT2D eigenvalue weighted by atomic mass is 35.5. The summed E-state index contributed by atoms with van der Waals surface area (Å²) in [6, 6.07) is 10.1. The van der Waals surface area contributed by atoms with Crippen LogP contribution >= 0.6 is 11.6 Å². The minimum absolute atomic E-state index is 0.0665. The fourth-order valence-electron chi connectivity index (χ4n) is 5.46. The summed E-state index contributed by atoms with van der Waals surface area (Å²) in [7, 11) is 0. The van der Waals surface area contributed by atoms with Crippen LogP contribution in [0, 0.1) is 6.92 Å². The smallest absolute Gasteiger partial charge is 0.224 e. The summed E-state index contributed by atoms with van der Waals surface area (Å²) in [5, 5.41) is 14.3. The van der Waals surface area contributed by atoms with Gasteiger partial charge in [0.1, 0.15) is 11.5 Å². The van der Waals surface area contributed by atoms with Crippen molar-refractivity contribution in [3.63, 3.8) is 0 Å². The van der Waals surface area contributed by atoms with Crippen LogP contribution in [0.25, 0.3) is 11.8 Å². The molecule has 0 radical (unpaired) electrons. The number of benzene rings is 1. The Balaban J connectivity index is 1.33. The highest BCUT2D eigenvalue weighted by Gasteiger charge is 2.47. The van der Waals surface area contributed by atoms with Crippen molar-refractivity contribution in [1.82, 2.24) is 34.3 Å². The fourth-order valence-corrected chi connectivity index (χ4v) is 5.67. The van der Waals surface area contributed by atoms with E-state index in [0.29, 0.717) is 19.5 Å². The SMILES string of the molecule is Cc1nnc2n1C1(C)C=C(c3ccn(CCC(=O)N4CCC4)n3)N(Cc3cccc(Cl)c3)C1C=C2. The van der Waals surface area contributed by atoms with Gasteiger partial charge >= 0.3 is 0 Å². The molecule has 0 bridgehead atoms. The van der Waals surface area contributed by atoms with E-state index in [2.05, 4.69) is 44.8 Å². The standard InChI is InChI=1S/C26H28ClN7O/c1-18-28-29-24-8-7-23-26(2,34(18)24)16-22(33(23)17-19-5-3-6-20(27)15-19)21-9-13-32(30-21)14-10-25(35)31-11-4-12-31/h3,5-9,13,15-16,23H,4,10-12,14,17H2,1-2H3. The molecule has 1 saturated heterocycles. The largest absolute Gasteiger partial charge is 0.356 e. The monoisotopic (exact) mass is 489 g/mol. The van der Waals surface area contributed by atoms with E-state index in [1.165, 1.54) is 0 Å². The van der Waals surface area contributed by atoms with Crippen LogP contribution in [0.4, 0.5) is 0 Å². The van der Waals surface area contributed by atoms with Gasteiger partial charge in [0.05, 0.1) is 17.3 Å². The predicted octanol–water partition coefficient (Wildman–Crippen LogP) is 3.73. The van der Waals surface area contributed by atoms with Crippen LogP contribution in [0.15, 0.2) is 48.7 Å². The Kier molecular flexibility index (Phi) is 5.29. The first-order chi connectivity index (χ1) is 16.9. The van der Waals surface area contributed by atoms with Gasteiger partial charge in [-0.2, -0.15) is 5.10 Å². The summed E-state index contributed by atoms with van der Waals surface area (Å²) >= 11 is 6.31. The van der Waals surface area contributed by atoms with Crippen LogP contribution in [0.5, 0.6) is 0 Å². The quantitative estimate of drug-likeness (QED) is 0.527. The molecule has 3 aliphatic heterocycles. The van der Waals surface area contributed by atoms with Crippen molar-refractivity contribution in [3.8, 4) is 0 Å². The van der Waals surface area contributed by atoms with E-state index in [1.807, 2.05) is 53.0 Å². The number of hydrogen-bond acceptors (Lipinski definition) is 5. The van der Waals surface area contributed by atoms with E-state index in [4.69, 9.17) is 16.7 Å². The van der Waals surface area contributed by atoms with Crippen molar-refractivity contribution in [2.75, 3.05) is 13.1 Å². The molecular weight excluding hydrogens is 462 g/mol. The summed E-state index contributed by atoms with van der Waals surface area (Å²) < 4.78 is 4.08. The molecule has 1 aromatic carbocycles. The fraction of sp³-hybridized carbons (Fsp3) is 0.385. The molecule has 8 nitrogen and oxygen atoms in total. The average Bonchev–Trinajstić information content (AvgIpc) is 3.48. The van der Waals surface area contributed by atoms with Crippen molar-refractivity contribution in [3.05, 3.63) is 76.6 Å². The van der Waals surface area contributed by atoms with Crippen molar-refractivity contribution >= 4 is 29.3 Å². The third-order valence-corrected chi connectivity index (χ3v) is 7.58. The zero-order valence-electron chi connectivity index (χ0n) is 19.9. The first kappa shape index (κ1) is 22.1. The van der Waals surface area contributed by atoms with Crippen LogP contribution in [0.3, 0.4) is 0 Å². The Bertz CT molecular complexity index is 1350. The molecule has 180 valence electrons. The van der Waals surface area contributed by atoms with E-state index < -0.39 is 0 Å². The van der Waals surface area contributed by atoms with Gasteiger partial charge in [-0.1, -0.05) is 29.8 Å². The number of aryl methyl sites for hydroxylation is 2. The number of aromatic nitrogens is 5. The Morgan fingerprint density at radius 3 is 2.86 bits per heavy atom. The normalized spacial score (nSPS) is 22.6. The molecule has 35 heavy (non-hydrogen) atoms. The first-order valence-corrected chi connectivity index (χ1v) is 12.5. The zero-order chi connectivity index (χ0) is 24.2. The third kappa shape index (κ3) is 3.76. The Labute approximate surface area is 209 Å². The number of nitrogens with zero attached hydrogens (tertiary/aromatic N) is 7. The minimum atomic E-state index is -0.358. The number of carbonyl (C=O) groups excluding carboxylic acids is 1. The summed E-state index contributed by atoms with van der Waals surface area (Å²) in [6.07, 6.45) is 10.1. The van der Waals surface area contributed by atoms with E-state index >= 15 is 0 Å². The molecule has 2 atom stereocenters. The molecule has 3 aliphatic rings. The second-order valence-corrected chi connectivity index (χ2v) is 10.1. The van der Waals surface area contributed by atoms with Gasteiger partial charge in [-0.3, -0.25) is 14.0 Å². The molecule has 5 heterocycles. The van der Waals surface area contributed by atoms with E-state index in [9.17, 15) is 4.79 Å². The summed E-state index contributed by atoms with van der Waals surface area (Å²) in [5.41, 5.74) is 2.71. The lowest BCUT2D eigenvalue weighted by atomic mass is 9.90. The lowest BCUT2D eigenvalue weighted by Gasteiger charge is -2.39. The van der Waals surface area contributed by atoms with Gasteiger partial charge in [-0.15, -0.1) is 10.2 Å². The van der Waals surface area contributed by atoms with E-state index in [1.54, 1.807) is 0 Å². The van der Waals surface area contributed by atoms with Gasteiger partial charge in [0, 0.05) is 43.8 Å². The highest BCUT2D eigenvalue weighted by molar-refractivity contribution is 6.30. The molecule has 0 spiro atoms. The topological polar surface area (TPSA) is 72.1 Å². The lowest BCUT2D eigenvalue weighted by molar-refractivity contribution is -0.134. The molecule has 1 fully saturated rings.